The molecule has 0 saturated carbocycles. The van der Waals surface area contributed by atoms with Crippen molar-refractivity contribution in [3.8, 4) is 0 Å². The van der Waals surface area contributed by atoms with Gasteiger partial charge in [0.25, 0.3) is 0 Å². The highest BCUT2D eigenvalue weighted by molar-refractivity contribution is 7.89. The molecule has 8 heteroatoms. The zero-order valence-corrected chi connectivity index (χ0v) is 12.1. The van der Waals surface area contributed by atoms with Crippen molar-refractivity contribution in [3.63, 3.8) is 0 Å². The highest BCUT2D eigenvalue weighted by Gasteiger charge is 2.29. The van der Waals surface area contributed by atoms with Crippen molar-refractivity contribution in [1.29, 1.82) is 0 Å². The second-order valence-electron chi connectivity index (χ2n) is 5.02. The van der Waals surface area contributed by atoms with Gasteiger partial charge in [-0.1, -0.05) is 18.2 Å². The van der Waals surface area contributed by atoms with Gasteiger partial charge in [0.15, 0.2) is 6.30 Å². The van der Waals surface area contributed by atoms with Crippen LogP contribution in [0.2, 0.25) is 0 Å². The molecular weight excluding hydrogens is 299 g/mol. The van der Waals surface area contributed by atoms with E-state index >= 15 is 0 Å². The van der Waals surface area contributed by atoms with E-state index in [9.17, 15) is 17.6 Å². The number of hydrogen-bond donors (Lipinski definition) is 2. The number of benzene rings is 1. The summed E-state index contributed by atoms with van der Waals surface area (Å²) in [7, 11) is -3.89. The highest BCUT2D eigenvalue weighted by atomic mass is 32.2. The van der Waals surface area contributed by atoms with Gasteiger partial charge in [-0.2, -0.15) is 4.72 Å². The summed E-state index contributed by atoms with van der Waals surface area (Å²) in [6.07, 6.45) is -2.25. The standard InChI is InChI=1S/C13H17FN2O4S/c14-12(8-10-6-7-16(9-10)13(17)18)15-21(19,20)11-4-2-1-3-5-11/h1-5,10,12,15H,6-9H2,(H,17,18)/t10-,12?/m1/s1. The molecule has 116 valence electrons. The van der Waals surface area contributed by atoms with Crippen LogP contribution < -0.4 is 4.72 Å². The summed E-state index contributed by atoms with van der Waals surface area (Å²) in [6.45, 7) is 0.598. The monoisotopic (exact) mass is 316 g/mol. The maximum absolute atomic E-state index is 13.9. The van der Waals surface area contributed by atoms with Crippen molar-refractivity contribution in [2.75, 3.05) is 13.1 Å². The summed E-state index contributed by atoms with van der Waals surface area (Å²) in [6, 6.07) is 7.56. The predicted octanol–water partition coefficient (Wildman–Crippen LogP) is 1.65. The van der Waals surface area contributed by atoms with Crippen molar-refractivity contribution in [1.82, 2.24) is 9.62 Å². The molecule has 6 nitrogen and oxygen atoms in total. The van der Waals surface area contributed by atoms with Crippen LogP contribution in [0.4, 0.5) is 9.18 Å². The second-order valence-corrected chi connectivity index (χ2v) is 6.73. The van der Waals surface area contributed by atoms with Crippen LogP contribution in [-0.2, 0) is 10.0 Å². The Morgan fingerprint density at radius 1 is 1.43 bits per heavy atom. The van der Waals surface area contributed by atoms with E-state index in [0.29, 0.717) is 13.0 Å². The van der Waals surface area contributed by atoms with Crippen LogP contribution in [-0.4, -0.2) is 43.9 Å². The summed E-state index contributed by atoms with van der Waals surface area (Å²) in [5, 5.41) is 8.82. The number of nitrogens with zero attached hydrogens (tertiary/aromatic N) is 1. The SMILES string of the molecule is O=C(O)N1CC[C@H](CC(F)NS(=O)(=O)c2ccccc2)C1. The molecule has 1 amide bonds. The third-order valence-corrected chi connectivity index (χ3v) is 4.89. The molecule has 1 aromatic rings. The van der Waals surface area contributed by atoms with Crippen molar-refractivity contribution in [2.45, 2.75) is 24.0 Å². The van der Waals surface area contributed by atoms with Gasteiger partial charge in [0.2, 0.25) is 10.0 Å². The van der Waals surface area contributed by atoms with Crippen LogP contribution in [0.3, 0.4) is 0 Å². The summed E-state index contributed by atoms with van der Waals surface area (Å²) in [4.78, 5) is 12.0. The molecule has 2 rings (SSSR count). The van der Waals surface area contributed by atoms with Crippen LogP contribution in [0.25, 0.3) is 0 Å². The van der Waals surface area contributed by atoms with Crippen LogP contribution in [0.1, 0.15) is 12.8 Å². The van der Waals surface area contributed by atoms with Gasteiger partial charge in [0.05, 0.1) is 4.90 Å². The summed E-state index contributed by atoms with van der Waals surface area (Å²) < 4.78 is 39.8. The zero-order chi connectivity index (χ0) is 15.5. The topological polar surface area (TPSA) is 86.7 Å². The zero-order valence-electron chi connectivity index (χ0n) is 11.3. The number of hydrogen-bond acceptors (Lipinski definition) is 3. The Morgan fingerprint density at radius 2 is 2.10 bits per heavy atom. The lowest BCUT2D eigenvalue weighted by Crippen LogP contribution is -2.34. The maximum Gasteiger partial charge on any atom is 0.407 e. The van der Waals surface area contributed by atoms with Crippen LogP contribution in [0.15, 0.2) is 35.2 Å². The maximum atomic E-state index is 13.9. The van der Waals surface area contributed by atoms with Crippen LogP contribution in [0, 0.1) is 5.92 Å². The Hall–Kier alpha value is -1.67. The minimum Gasteiger partial charge on any atom is -0.465 e. The highest BCUT2D eigenvalue weighted by Crippen LogP contribution is 2.22. The fraction of sp³-hybridized carbons (Fsp3) is 0.462. The molecule has 0 radical (unpaired) electrons. The van der Waals surface area contributed by atoms with E-state index in [-0.39, 0.29) is 23.8 Å². The number of halogens is 1. The quantitative estimate of drug-likeness (QED) is 0.809. The van der Waals surface area contributed by atoms with Crippen LogP contribution in [0.5, 0.6) is 0 Å². The molecule has 1 aromatic carbocycles. The first-order chi connectivity index (χ1) is 9.88. The fourth-order valence-electron chi connectivity index (χ4n) is 2.38. The average Bonchev–Trinajstić information content (AvgIpc) is 2.87. The Bertz CT molecular complexity index is 593. The molecule has 1 unspecified atom stereocenters. The number of nitrogens with one attached hydrogen (secondary N) is 1. The Labute approximate surface area is 122 Å². The van der Waals surface area contributed by atoms with Gasteiger partial charge in [-0.15, -0.1) is 0 Å². The lowest BCUT2D eigenvalue weighted by molar-refractivity contribution is 0.152. The molecule has 0 aromatic heterocycles. The normalized spacial score (nSPS) is 20.4. The smallest absolute Gasteiger partial charge is 0.407 e. The van der Waals surface area contributed by atoms with E-state index in [4.69, 9.17) is 5.11 Å². The average molecular weight is 316 g/mol. The third kappa shape index (κ3) is 4.15. The lowest BCUT2D eigenvalue weighted by atomic mass is 10.1. The largest absolute Gasteiger partial charge is 0.465 e. The van der Waals surface area contributed by atoms with E-state index in [1.165, 1.54) is 17.0 Å². The fourth-order valence-corrected chi connectivity index (χ4v) is 3.46. The van der Waals surface area contributed by atoms with Crippen molar-refractivity contribution < 1.29 is 22.7 Å². The molecule has 0 aliphatic carbocycles. The third-order valence-electron chi connectivity index (χ3n) is 3.43. The van der Waals surface area contributed by atoms with E-state index in [0.717, 1.165) is 0 Å². The van der Waals surface area contributed by atoms with Gasteiger partial charge < -0.3 is 10.0 Å². The van der Waals surface area contributed by atoms with Gasteiger partial charge in [-0.05, 0) is 30.9 Å². The molecule has 1 fully saturated rings. The minimum atomic E-state index is -3.89. The van der Waals surface area contributed by atoms with E-state index in [1.807, 2.05) is 4.72 Å². The molecule has 2 N–H and O–H groups in total. The number of sulfonamides is 1. The first-order valence-corrected chi connectivity index (χ1v) is 8.06. The van der Waals surface area contributed by atoms with Gasteiger partial charge in [0.1, 0.15) is 0 Å². The summed E-state index contributed by atoms with van der Waals surface area (Å²) >= 11 is 0. The van der Waals surface area contributed by atoms with Gasteiger partial charge >= 0.3 is 6.09 Å². The first kappa shape index (κ1) is 15.7. The molecule has 0 bridgehead atoms. The molecule has 1 saturated heterocycles. The van der Waals surface area contributed by atoms with E-state index in [2.05, 4.69) is 0 Å². The Balaban J connectivity index is 1.91. The van der Waals surface area contributed by atoms with E-state index in [1.54, 1.807) is 18.2 Å². The predicted molar refractivity (Wildman–Crippen MR) is 74.0 cm³/mol. The molecule has 21 heavy (non-hydrogen) atoms. The van der Waals surface area contributed by atoms with Crippen molar-refractivity contribution >= 4 is 16.1 Å². The van der Waals surface area contributed by atoms with Gasteiger partial charge in [-0.3, -0.25) is 0 Å². The van der Waals surface area contributed by atoms with Crippen molar-refractivity contribution in [3.05, 3.63) is 30.3 Å². The van der Waals surface area contributed by atoms with Crippen molar-refractivity contribution in [2.24, 2.45) is 5.92 Å². The van der Waals surface area contributed by atoms with Gasteiger partial charge in [0, 0.05) is 13.1 Å². The number of likely N-dealkylation sites (tertiary alicyclic amines) is 1. The molecule has 1 aliphatic heterocycles. The second kappa shape index (κ2) is 6.40. The Morgan fingerprint density at radius 3 is 2.67 bits per heavy atom. The molecule has 2 atom stereocenters. The summed E-state index contributed by atoms with van der Waals surface area (Å²) in [5.74, 6) is -0.172. The van der Waals surface area contributed by atoms with Crippen LogP contribution >= 0.6 is 0 Å². The number of rotatable bonds is 5. The van der Waals surface area contributed by atoms with E-state index < -0.39 is 22.4 Å². The number of amides is 1. The van der Waals surface area contributed by atoms with Gasteiger partial charge in [-0.25, -0.2) is 17.6 Å². The molecular formula is C13H17FN2O4S. The summed E-state index contributed by atoms with van der Waals surface area (Å²) in [5.41, 5.74) is 0. The number of carboxylic acid groups (broad SMARTS) is 1. The molecule has 1 aliphatic rings. The Kier molecular flexibility index (Phi) is 4.79. The molecule has 0 spiro atoms. The minimum absolute atomic E-state index is 0.00577. The first-order valence-electron chi connectivity index (χ1n) is 6.58. The molecule has 1 heterocycles. The number of alkyl halides is 1. The number of carbonyl (C=O) groups is 1. The lowest BCUT2D eigenvalue weighted by Gasteiger charge is -2.16.